The smallest absolute Gasteiger partial charge is 0.476 e. The molecule has 0 spiro atoms. The fourth-order valence-corrected chi connectivity index (χ4v) is 8.21. The Labute approximate surface area is 264 Å². The van der Waals surface area contributed by atoms with Crippen LogP contribution in [0.15, 0.2) is 30.6 Å². The highest BCUT2D eigenvalue weighted by molar-refractivity contribution is 7.48. The Morgan fingerprint density at radius 1 is 1.20 bits per heavy atom. The number of phosphoric ester groups is 1. The van der Waals surface area contributed by atoms with Crippen molar-refractivity contribution in [2.24, 2.45) is 5.92 Å². The quantitative estimate of drug-likeness (QED) is 0.212. The molecule has 7 rings (SSSR count). The number of carbonyl (C=O) groups excluding carboxylic acids is 1. The number of nitrogen functional groups attached to an aromatic ring is 1. The normalized spacial score (nSPS) is 31.9. The number of nitrogens with zero attached hydrogens (tertiary/aromatic N) is 4. The number of carbonyl (C=O) groups is 1. The number of halogens is 1. The molecule has 1 saturated carbocycles. The molecular formula is C29H35ClN5O9P. The van der Waals surface area contributed by atoms with E-state index in [9.17, 15) is 9.36 Å². The molecule has 1 aliphatic carbocycles. The fraction of sp³-hybridized carbons (Fsp3) is 0.586. The minimum Gasteiger partial charge on any atom is -0.476 e. The third-order valence-electron chi connectivity index (χ3n) is 8.88. The first-order valence-electron chi connectivity index (χ1n) is 15.2. The van der Waals surface area contributed by atoms with E-state index in [-0.39, 0.29) is 25.0 Å². The van der Waals surface area contributed by atoms with Crippen LogP contribution in [0.4, 0.5) is 10.7 Å². The second-order valence-electron chi connectivity index (χ2n) is 12.0. The van der Waals surface area contributed by atoms with Gasteiger partial charge in [0.15, 0.2) is 29.1 Å². The first-order chi connectivity index (χ1) is 21.7. The topological polar surface area (TPSA) is 168 Å². The van der Waals surface area contributed by atoms with E-state index in [1.54, 1.807) is 29.7 Å². The molecule has 2 N–H and O–H groups in total. The molecule has 6 atom stereocenters. The Hall–Kier alpha value is -3.00. The number of benzene rings is 1. The van der Waals surface area contributed by atoms with Gasteiger partial charge >= 0.3 is 14.0 Å². The van der Waals surface area contributed by atoms with E-state index in [0.717, 1.165) is 12.0 Å². The minimum absolute atomic E-state index is 0.00452. The first-order valence-corrected chi connectivity index (χ1v) is 17.1. The molecule has 1 aromatic carbocycles. The third kappa shape index (κ3) is 6.11. The van der Waals surface area contributed by atoms with Crippen molar-refractivity contribution in [3.05, 3.63) is 41.2 Å². The zero-order chi connectivity index (χ0) is 31.2. The molecule has 3 saturated heterocycles. The van der Waals surface area contributed by atoms with Crippen LogP contribution >= 0.6 is 19.4 Å². The van der Waals surface area contributed by atoms with Crippen molar-refractivity contribution in [3.8, 4) is 5.88 Å². The second kappa shape index (κ2) is 12.3. The Balaban J connectivity index is 1.08. The molecule has 45 heavy (non-hydrogen) atoms. The lowest BCUT2D eigenvalue weighted by molar-refractivity contribution is -0.0925. The van der Waals surface area contributed by atoms with Crippen LogP contribution < -0.4 is 10.5 Å². The second-order valence-corrected chi connectivity index (χ2v) is 14.0. The van der Waals surface area contributed by atoms with Crippen molar-refractivity contribution in [1.82, 2.24) is 19.5 Å². The lowest BCUT2D eigenvalue weighted by atomic mass is 9.87. The van der Waals surface area contributed by atoms with Crippen LogP contribution in [-0.4, -0.2) is 63.3 Å². The van der Waals surface area contributed by atoms with Gasteiger partial charge in [-0.05, 0) is 37.0 Å². The highest BCUT2D eigenvalue weighted by Gasteiger charge is 2.64. The van der Waals surface area contributed by atoms with E-state index in [0.29, 0.717) is 35.1 Å². The molecule has 4 aliphatic rings. The average molecular weight is 664 g/mol. The summed E-state index contributed by atoms with van der Waals surface area (Å²) in [5.74, 6) is 0.897. The van der Waals surface area contributed by atoms with E-state index >= 15 is 0 Å². The van der Waals surface area contributed by atoms with E-state index in [2.05, 4.69) is 15.0 Å². The number of ether oxygens (including phenoxy) is 4. The van der Waals surface area contributed by atoms with E-state index in [1.807, 2.05) is 6.07 Å². The van der Waals surface area contributed by atoms with Gasteiger partial charge < -0.3 is 24.7 Å². The SMILES string of the molecule is CC12OC(=O)OC1C(COP1(=O)OCCC(c3cccc(Cl)c3)O1)OC2n1cnc2c(OCCC3CCCCC3)nc(N)nc21. The summed E-state index contributed by atoms with van der Waals surface area (Å²) in [6.07, 6.45) is 4.91. The lowest BCUT2D eigenvalue weighted by Crippen LogP contribution is -2.42. The van der Waals surface area contributed by atoms with Crippen molar-refractivity contribution in [2.75, 3.05) is 25.6 Å². The molecule has 5 heterocycles. The van der Waals surface area contributed by atoms with Gasteiger partial charge in [-0.2, -0.15) is 9.97 Å². The van der Waals surface area contributed by atoms with Gasteiger partial charge in [0.1, 0.15) is 6.10 Å². The summed E-state index contributed by atoms with van der Waals surface area (Å²) in [6.45, 7) is 2.02. The summed E-state index contributed by atoms with van der Waals surface area (Å²) in [5, 5.41) is 0.531. The van der Waals surface area contributed by atoms with E-state index < -0.39 is 44.1 Å². The number of rotatable bonds is 9. The van der Waals surface area contributed by atoms with Gasteiger partial charge in [0.25, 0.3) is 0 Å². The largest absolute Gasteiger partial charge is 0.509 e. The fourth-order valence-electron chi connectivity index (χ4n) is 6.61. The van der Waals surface area contributed by atoms with Crippen molar-refractivity contribution in [3.63, 3.8) is 0 Å². The van der Waals surface area contributed by atoms with Crippen molar-refractivity contribution < 1.29 is 41.9 Å². The molecule has 16 heteroatoms. The Morgan fingerprint density at radius 2 is 2.04 bits per heavy atom. The predicted molar refractivity (Wildman–Crippen MR) is 159 cm³/mol. The predicted octanol–water partition coefficient (Wildman–Crippen LogP) is 5.91. The van der Waals surface area contributed by atoms with Crippen LogP contribution in [0.3, 0.4) is 0 Å². The van der Waals surface area contributed by atoms with Crippen LogP contribution in [0.25, 0.3) is 11.2 Å². The Morgan fingerprint density at radius 3 is 2.87 bits per heavy atom. The van der Waals surface area contributed by atoms with Gasteiger partial charge in [-0.15, -0.1) is 0 Å². The molecule has 0 amide bonds. The van der Waals surface area contributed by atoms with Crippen molar-refractivity contribution in [2.45, 2.75) is 82.0 Å². The maximum absolute atomic E-state index is 13.5. The van der Waals surface area contributed by atoms with Gasteiger partial charge in [0, 0.05) is 11.4 Å². The van der Waals surface area contributed by atoms with Gasteiger partial charge in [0.2, 0.25) is 11.8 Å². The molecule has 3 aliphatic heterocycles. The summed E-state index contributed by atoms with van der Waals surface area (Å²) in [4.78, 5) is 25.6. The minimum atomic E-state index is -4.01. The number of imidazole rings is 1. The molecular weight excluding hydrogens is 629 g/mol. The van der Waals surface area contributed by atoms with Crippen LogP contribution in [0.1, 0.15) is 69.8 Å². The zero-order valence-corrected chi connectivity index (χ0v) is 26.4. The van der Waals surface area contributed by atoms with E-state index in [1.165, 1.54) is 38.4 Å². The lowest BCUT2D eigenvalue weighted by Gasteiger charge is -2.30. The van der Waals surface area contributed by atoms with Gasteiger partial charge in [-0.3, -0.25) is 18.1 Å². The Kier molecular flexibility index (Phi) is 8.38. The van der Waals surface area contributed by atoms with Crippen LogP contribution in [0.2, 0.25) is 5.02 Å². The maximum Gasteiger partial charge on any atom is 0.509 e. The number of hydrogen-bond donors (Lipinski definition) is 1. The van der Waals surface area contributed by atoms with Crippen LogP contribution in [0, 0.1) is 5.92 Å². The molecule has 2 aromatic heterocycles. The van der Waals surface area contributed by atoms with Crippen LogP contribution in [-0.2, 0) is 32.3 Å². The zero-order valence-electron chi connectivity index (χ0n) is 24.7. The Bertz CT molecular complexity index is 1620. The standard InChI is InChI=1S/C29H35ClN5O9P/c1-29-23(42-28(36)43-29)21(15-40-45(37)39-13-11-20(44-45)18-8-5-9-19(30)14-18)41-26(29)35-16-32-22-24(35)33-27(31)34-25(22)38-12-10-17-6-3-2-4-7-17/h5,8-9,14,16-17,20-21,23,26H,2-4,6-7,10-13,15H2,1H3,(H2,31,33,34). The third-order valence-corrected chi connectivity index (χ3v) is 10.6. The van der Waals surface area contributed by atoms with Gasteiger partial charge in [-0.1, -0.05) is 55.8 Å². The average Bonchev–Trinajstić information content (AvgIpc) is 3.65. The number of hydrogen-bond acceptors (Lipinski definition) is 13. The molecule has 242 valence electrons. The molecule has 4 fully saturated rings. The first kappa shape index (κ1) is 30.6. The number of anilines is 1. The van der Waals surface area contributed by atoms with E-state index in [4.69, 9.17) is 49.9 Å². The number of nitrogens with two attached hydrogens (primary N) is 1. The molecule has 0 bridgehead atoms. The van der Waals surface area contributed by atoms with Crippen LogP contribution in [0.5, 0.6) is 5.88 Å². The van der Waals surface area contributed by atoms with Crippen molar-refractivity contribution in [1.29, 1.82) is 0 Å². The number of phosphoric acid groups is 1. The number of fused-ring (bicyclic) bond motifs is 2. The van der Waals surface area contributed by atoms with Gasteiger partial charge in [-0.25, -0.2) is 14.3 Å². The van der Waals surface area contributed by atoms with Gasteiger partial charge in [0.05, 0.1) is 32.3 Å². The highest BCUT2D eigenvalue weighted by atomic mass is 35.5. The summed E-state index contributed by atoms with van der Waals surface area (Å²) >= 11 is 6.13. The number of aromatic nitrogens is 4. The molecule has 3 aromatic rings. The summed E-state index contributed by atoms with van der Waals surface area (Å²) in [7, 11) is -4.01. The summed E-state index contributed by atoms with van der Waals surface area (Å²) in [5.41, 5.74) is 6.25. The summed E-state index contributed by atoms with van der Waals surface area (Å²) < 4.78 is 55.6. The molecule has 0 radical (unpaired) electrons. The highest BCUT2D eigenvalue weighted by Crippen LogP contribution is 2.58. The molecule has 14 nitrogen and oxygen atoms in total. The maximum atomic E-state index is 13.5. The summed E-state index contributed by atoms with van der Waals surface area (Å²) in [6, 6.07) is 7.10. The van der Waals surface area contributed by atoms with Crippen molar-refractivity contribution >= 4 is 42.7 Å². The molecule has 6 unspecified atom stereocenters. The monoisotopic (exact) mass is 663 g/mol.